The molecule has 4 aromatic rings. The highest BCUT2D eigenvalue weighted by atomic mass is 32.2. The highest BCUT2D eigenvalue weighted by Crippen LogP contribution is 2.42. The van der Waals surface area contributed by atoms with Gasteiger partial charge in [-0.15, -0.1) is 10.2 Å². The van der Waals surface area contributed by atoms with Gasteiger partial charge in [-0.2, -0.15) is 0 Å². The second-order valence-electron chi connectivity index (χ2n) is 8.11. The molecule has 0 atom stereocenters. The van der Waals surface area contributed by atoms with Crippen molar-refractivity contribution in [1.29, 1.82) is 0 Å². The molecule has 1 aliphatic carbocycles. The lowest BCUT2D eigenvalue weighted by atomic mass is 10.1. The quantitative estimate of drug-likeness (QED) is 0.284. The van der Waals surface area contributed by atoms with Crippen molar-refractivity contribution in [1.82, 2.24) is 24.1 Å². The first-order chi connectivity index (χ1) is 15.9. The summed E-state index contributed by atoms with van der Waals surface area (Å²) in [5, 5.41) is 11.0. The van der Waals surface area contributed by atoms with E-state index in [0.717, 1.165) is 40.3 Å². The maximum absolute atomic E-state index is 12.2. The molecule has 0 amide bonds. The van der Waals surface area contributed by atoms with E-state index in [1.807, 2.05) is 18.3 Å². The number of para-hydroxylation sites is 1. The van der Waals surface area contributed by atoms with Gasteiger partial charge >= 0.3 is 0 Å². The second kappa shape index (κ2) is 8.85. The van der Waals surface area contributed by atoms with Crippen LogP contribution in [-0.2, 0) is 10.0 Å². The van der Waals surface area contributed by atoms with Crippen LogP contribution in [0.25, 0.3) is 22.3 Å². The zero-order valence-electron chi connectivity index (χ0n) is 18.4. The van der Waals surface area contributed by atoms with E-state index in [1.165, 1.54) is 18.4 Å². The highest BCUT2D eigenvalue weighted by Gasteiger charge is 2.30. The van der Waals surface area contributed by atoms with Crippen LogP contribution in [0.2, 0.25) is 0 Å². The maximum atomic E-state index is 12.2. The summed E-state index contributed by atoms with van der Waals surface area (Å²) in [6.07, 6.45) is 4.28. The monoisotopic (exact) mass is 483 g/mol. The fourth-order valence-electron chi connectivity index (χ4n) is 3.69. The Kier molecular flexibility index (Phi) is 5.90. The Labute approximate surface area is 197 Å². The summed E-state index contributed by atoms with van der Waals surface area (Å²) < 4.78 is 33.6. The van der Waals surface area contributed by atoms with Crippen LogP contribution in [0.4, 0.5) is 0 Å². The zero-order valence-corrected chi connectivity index (χ0v) is 20.1. The van der Waals surface area contributed by atoms with Crippen LogP contribution < -0.4 is 4.74 Å². The molecule has 0 aliphatic heterocycles. The highest BCUT2D eigenvalue weighted by molar-refractivity contribution is 7.99. The smallest absolute Gasteiger partial charge is 0.242 e. The third-order valence-corrected chi connectivity index (χ3v) is 8.33. The van der Waals surface area contributed by atoms with Crippen LogP contribution in [0, 0.1) is 0 Å². The van der Waals surface area contributed by atoms with Crippen molar-refractivity contribution in [3.05, 3.63) is 54.7 Å². The van der Waals surface area contributed by atoms with Gasteiger partial charge in [0.25, 0.3) is 0 Å². The molecule has 1 aliphatic rings. The van der Waals surface area contributed by atoms with Crippen molar-refractivity contribution in [2.24, 2.45) is 0 Å². The lowest BCUT2D eigenvalue weighted by Gasteiger charge is -2.12. The summed E-state index contributed by atoms with van der Waals surface area (Å²) in [5.41, 5.74) is 2.16. The maximum Gasteiger partial charge on any atom is 0.242 e. The van der Waals surface area contributed by atoms with E-state index in [0.29, 0.717) is 24.2 Å². The number of rotatable bonds is 9. The summed E-state index contributed by atoms with van der Waals surface area (Å²) in [4.78, 5) is 3.57. The fourth-order valence-corrected chi connectivity index (χ4v) is 5.41. The van der Waals surface area contributed by atoms with Gasteiger partial charge in [0.2, 0.25) is 10.0 Å². The average molecular weight is 484 g/mol. The van der Waals surface area contributed by atoms with Crippen LogP contribution in [0.15, 0.2) is 64.8 Å². The predicted molar refractivity (Wildman–Crippen MR) is 129 cm³/mol. The number of ether oxygens (including phenoxy) is 1. The van der Waals surface area contributed by atoms with E-state index in [9.17, 15) is 8.42 Å². The van der Waals surface area contributed by atoms with Gasteiger partial charge in [0.1, 0.15) is 5.75 Å². The minimum atomic E-state index is -3.44. The van der Waals surface area contributed by atoms with Crippen LogP contribution in [-0.4, -0.2) is 58.9 Å². The predicted octanol–water partition coefficient (Wildman–Crippen LogP) is 4.18. The Morgan fingerprint density at radius 2 is 1.88 bits per heavy atom. The first kappa shape index (κ1) is 22.0. The van der Waals surface area contributed by atoms with Crippen molar-refractivity contribution >= 4 is 32.7 Å². The van der Waals surface area contributed by atoms with Crippen LogP contribution in [0.1, 0.15) is 18.9 Å². The van der Waals surface area contributed by atoms with Gasteiger partial charge in [-0.05, 0) is 43.2 Å². The Morgan fingerprint density at radius 1 is 1.12 bits per heavy atom. The molecule has 10 heteroatoms. The van der Waals surface area contributed by atoms with Gasteiger partial charge in [0.15, 0.2) is 11.0 Å². The molecule has 0 radical (unpaired) electrons. The summed E-state index contributed by atoms with van der Waals surface area (Å²) in [5.74, 6) is 2.24. The lowest BCUT2D eigenvalue weighted by molar-refractivity contribution is 0.343. The number of nitrogens with zero attached hydrogens (tertiary/aromatic N) is 4. The number of sulfonamides is 1. The van der Waals surface area contributed by atoms with Gasteiger partial charge in [-0.3, -0.25) is 4.57 Å². The number of H-pyrrole nitrogens is 1. The van der Waals surface area contributed by atoms with E-state index in [1.54, 1.807) is 36.0 Å². The largest absolute Gasteiger partial charge is 0.493 e. The number of nitrogens with one attached hydrogen (secondary N) is 1. The van der Waals surface area contributed by atoms with Crippen molar-refractivity contribution < 1.29 is 13.2 Å². The van der Waals surface area contributed by atoms with E-state index in [2.05, 4.69) is 31.9 Å². The molecule has 0 saturated heterocycles. The molecule has 0 spiro atoms. The molecule has 1 N–H and O–H groups in total. The first-order valence-electron chi connectivity index (χ1n) is 10.7. The number of aromatic amines is 1. The zero-order chi connectivity index (χ0) is 23.0. The van der Waals surface area contributed by atoms with Crippen molar-refractivity contribution in [3.63, 3.8) is 0 Å². The number of aromatic nitrogens is 4. The molecule has 0 unspecified atom stereocenters. The molecule has 2 aromatic carbocycles. The van der Waals surface area contributed by atoms with E-state index in [-0.39, 0.29) is 4.90 Å². The summed E-state index contributed by atoms with van der Waals surface area (Å²) in [7, 11) is -0.408. The normalized spacial score (nSPS) is 14.3. The van der Waals surface area contributed by atoms with E-state index in [4.69, 9.17) is 4.74 Å². The Hall–Kier alpha value is -2.82. The number of hydrogen-bond donors (Lipinski definition) is 1. The van der Waals surface area contributed by atoms with Crippen LogP contribution >= 0.6 is 11.8 Å². The Morgan fingerprint density at radius 3 is 2.61 bits per heavy atom. The number of hydrogen-bond acceptors (Lipinski definition) is 6. The molecule has 1 fully saturated rings. The molecule has 8 nitrogen and oxygen atoms in total. The number of fused-ring (bicyclic) bond motifs is 1. The Balaban J connectivity index is 1.25. The standard InChI is InChI=1S/C23H25N5O3S2/c1-27(2)33(29,30)18-11-9-17(10-12-18)31-13-14-32-23-26-25-22(28(23)16-7-8-16)20-15-24-21-6-4-3-5-19(20)21/h3-6,9-12,15-16,24H,7-8,13-14H2,1-2H3. The third kappa shape index (κ3) is 4.38. The molecule has 2 heterocycles. The first-order valence-corrected chi connectivity index (χ1v) is 13.2. The topological polar surface area (TPSA) is 93.1 Å². The summed E-state index contributed by atoms with van der Waals surface area (Å²) in [6, 6.07) is 15.2. The van der Waals surface area contributed by atoms with Gasteiger partial charge in [-0.1, -0.05) is 30.0 Å². The minimum Gasteiger partial charge on any atom is -0.493 e. The summed E-state index contributed by atoms with van der Waals surface area (Å²) in [6.45, 7) is 0.477. The molecular formula is C23H25N5O3S2. The van der Waals surface area contributed by atoms with Gasteiger partial charge in [-0.25, -0.2) is 12.7 Å². The fraction of sp³-hybridized carbons (Fsp3) is 0.304. The lowest BCUT2D eigenvalue weighted by Crippen LogP contribution is -2.22. The number of thioether (sulfide) groups is 1. The van der Waals surface area contributed by atoms with Crippen molar-refractivity contribution in [2.45, 2.75) is 28.9 Å². The summed E-state index contributed by atoms with van der Waals surface area (Å²) >= 11 is 1.62. The molecular weight excluding hydrogens is 458 g/mol. The minimum absolute atomic E-state index is 0.247. The second-order valence-corrected chi connectivity index (χ2v) is 11.3. The van der Waals surface area contributed by atoms with Crippen LogP contribution in [0.3, 0.4) is 0 Å². The van der Waals surface area contributed by atoms with Gasteiger partial charge < -0.3 is 9.72 Å². The third-order valence-electron chi connectivity index (χ3n) is 5.59. The van der Waals surface area contributed by atoms with Gasteiger partial charge in [0, 0.05) is 48.6 Å². The van der Waals surface area contributed by atoms with E-state index < -0.39 is 10.0 Å². The van der Waals surface area contributed by atoms with Crippen molar-refractivity contribution in [2.75, 3.05) is 26.5 Å². The van der Waals surface area contributed by atoms with Crippen LogP contribution in [0.5, 0.6) is 5.75 Å². The molecule has 1 saturated carbocycles. The Bertz CT molecular complexity index is 1370. The van der Waals surface area contributed by atoms with E-state index >= 15 is 0 Å². The molecule has 33 heavy (non-hydrogen) atoms. The average Bonchev–Trinajstić information content (AvgIpc) is 3.43. The number of benzene rings is 2. The molecule has 172 valence electrons. The molecule has 5 rings (SSSR count). The molecule has 0 bridgehead atoms. The SMILES string of the molecule is CN(C)S(=O)(=O)c1ccc(OCCSc2nnc(-c3c[nH]c4ccccc34)n2C2CC2)cc1. The molecule has 2 aromatic heterocycles. The van der Waals surface area contributed by atoms with Crippen molar-refractivity contribution in [3.8, 4) is 17.1 Å². The van der Waals surface area contributed by atoms with Gasteiger partial charge in [0.05, 0.1) is 11.5 Å².